The fourth-order valence-corrected chi connectivity index (χ4v) is 5.29. The zero-order chi connectivity index (χ0) is 22.8. The highest BCUT2D eigenvalue weighted by Gasteiger charge is 2.28. The van der Waals surface area contributed by atoms with E-state index in [1.54, 1.807) is 10.6 Å². The van der Waals surface area contributed by atoms with Gasteiger partial charge in [-0.3, -0.25) is 14.2 Å². The lowest BCUT2D eigenvalue weighted by Gasteiger charge is -2.34. The molecule has 0 spiro atoms. The summed E-state index contributed by atoms with van der Waals surface area (Å²) in [5, 5.41) is 4.33. The summed E-state index contributed by atoms with van der Waals surface area (Å²) in [5.41, 5.74) is 3.58. The van der Waals surface area contributed by atoms with Gasteiger partial charge in [0.2, 0.25) is 5.91 Å². The second kappa shape index (κ2) is 9.49. The maximum absolute atomic E-state index is 13.4. The molecule has 3 atom stereocenters. The number of aryl methyl sites for hydroxylation is 2. The molecular weight excluding hydrogens is 418 g/mol. The number of para-hydroxylation sites is 1. The third kappa shape index (κ3) is 4.60. The molecule has 5 nitrogen and oxygen atoms in total. The quantitative estimate of drug-likeness (QED) is 0.438. The highest BCUT2D eigenvalue weighted by atomic mass is 32.2. The molecule has 0 bridgehead atoms. The van der Waals surface area contributed by atoms with Crippen molar-refractivity contribution in [2.24, 2.45) is 11.8 Å². The van der Waals surface area contributed by atoms with Gasteiger partial charge in [-0.05, 0) is 67.5 Å². The zero-order valence-corrected chi connectivity index (χ0v) is 20.0. The summed E-state index contributed by atoms with van der Waals surface area (Å²) in [6, 6.07) is 13.5. The molecular formula is C26H31N3O2S. The van der Waals surface area contributed by atoms with Crippen LogP contribution in [0, 0.1) is 25.7 Å². The summed E-state index contributed by atoms with van der Waals surface area (Å²) in [5.74, 6) is 1.33. The van der Waals surface area contributed by atoms with Gasteiger partial charge in [0.1, 0.15) is 0 Å². The molecule has 1 fully saturated rings. The van der Waals surface area contributed by atoms with Gasteiger partial charge >= 0.3 is 0 Å². The minimum atomic E-state index is -0.114. The number of nitrogens with zero attached hydrogens (tertiary/aromatic N) is 2. The van der Waals surface area contributed by atoms with Crippen LogP contribution in [0.5, 0.6) is 0 Å². The van der Waals surface area contributed by atoms with E-state index in [2.05, 4.69) is 19.2 Å². The van der Waals surface area contributed by atoms with E-state index in [0.717, 1.165) is 24.1 Å². The topological polar surface area (TPSA) is 64.0 Å². The van der Waals surface area contributed by atoms with Crippen LogP contribution in [0.1, 0.15) is 44.2 Å². The Morgan fingerprint density at radius 1 is 1.12 bits per heavy atom. The highest BCUT2D eigenvalue weighted by molar-refractivity contribution is 7.99. The number of rotatable bonds is 5. The molecule has 1 heterocycles. The van der Waals surface area contributed by atoms with Crippen molar-refractivity contribution in [3.63, 3.8) is 0 Å². The number of hydrogen-bond donors (Lipinski definition) is 1. The molecule has 1 aliphatic rings. The van der Waals surface area contributed by atoms with E-state index in [4.69, 9.17) is 4.98 Å². The van der Waals surface area contributed by atoms with Gasteiger partial charge in [-0.2, -0.15) is 0 Å². The van der Waals surface area contributed by atoms with Crippen LogP contribution < -0.4 is 10.9 Å². The number of nitrogens with one attached hydrogen (secondary N) is 1. The second-order valence-electron chi connectivity index (χ2n) is 9.05. The first kappa shape index (κ1) is 22.6. The Kier molecular flexibility index (Phi) is 6.70. The van der Waals surface area contributed by atoms with Crippen LogP contribution in [-0.2, 0) is 4.79 Å². The summed E-state index contributed by atoms with van der Waals surface area (Å²) in [7, 11) is 0. The minimum Gasteiger partial charge on any atom is -0.352 e. The van der Waals surface area contributed by atoms with Crippen molar-refractivity contribution in [3.05, 3.63) is 63.9 Å². The van der Waals surface area contributed by atoms with Crippen molar-refractivity contribution in [1.29, 1.82) is 0 Å². The Labute approximate surface area is 193 Å². The van der Waals surface area contributed by atoms with Gasteiger partial charge in [-0.15, -0.1) is 0 Å². The fraction of sp³-hybridized carbons (Fsp3) is 0.423. The summed E-state index contributed by atoms with van der Waals surface area (Å²) >= 11 is 1.32. The van der Waals surface area contributed by atoms with Crippen LogP contribution in [0.25, 0.3) is 16.6 Å². The normalized spacial score (nSPS) is 20.9. The van der Waals surface area contributed by atoms with Crippen molar-refractivity contribution >= 4 is 28.6 Å². The first-order valence-electron chi connectivity index (χ1n) is 11.4. The maximum atomic E-state index is 13.4. The third-order valence-electron chi connectivity index (χ3n) is 6.88. The number of carbonyl (C=O) groups excluding carboxylic acids is 1. The van der Waals surface area contributed by atoms with E-state index >= 15 is 0 Å². The molecule has 32 heavy (non-hydrogen) atoms. The Hall–Kier alpha value is -2.60. The number of amides is 1. The van der Waals surface area contributed by atoms with E-state index in [1.807, 2.05) is 50.2 Å². The van der Waals surface area contributed by atoms with Gasteiger partial charge in [-0.25, -0.2) is 4.98 Å². The predicted molar refractivity (Wildman–Crippen MR) is 132 cm³/mol. The van der Waals surface area contributed by atoms with E-state index in [1.165, 1.54) is 23.7 Å². The smallest absolute Gasteiger partial charge is 0.266 e. The number of benzene rings is 2. The van der Waals surface area contributed by atoms with Crippen molar-refractivity contribution in [3.8, 4) is 5.69 Å². The van der Waals surface area contributed by atoms with Crippen LogP contribution in [0.4, 0.5) is 0 Å². The molecule has 4 rings (SSSR count). The van der Waals surface area contributed by atoms with Crippen LogP contribution >= 0.6 is 11.8 Å². The first-order chi connectivity index (χ1) is 15.3. The standard InChI is InChI=1S/C26H31N3O2S/c1-16-12-13-20(14-18(16)3)29-25(31)21-9-5-6-10-23(21)28-26(29)32-15-24(30)27-22-11-7-8-17(2)19(22)4/h5-6,9-10,12-14,17,19,22H,7-8,11,15H2,1-4H3,(H,27,30). The third-order valence-corrected chi connectivity index (χ3v) is 7.82. The summed E-state index contributed by atoms with van der Waals surface area (Å²) in [4.78, 5) is 30.9. The molecule has 0 aliphatic heterocycles. The molecule has 1 aromatic heterocycles. The molecule has 1 aliphatic carbocycles. The van der Waals surface area contributed by atoms with E-state index in [9.17, 15) is 9.59 Å². The predicted octanol–water partition coefficient (Wildman–Crippen LogP) is 5.04. The first-order valence-corrected chi connectivity index (χ1v) is 12.4. The molecule has 0 saturated heterocycles. The fourth-order valence-electron chi connectivity index (χ4n) is 4.47. The minimum absolute atomic E-state index is 0.00463. The van der Waals surface area contributed by atoms with E-state index in [0.29, 0.717) is 27.9 Å². The Balaban J connectivity index is 1.63. The summed E-state index contributed by atoms with van der Waals surface area (Å²) in [6.07, 6.45) is 3.41. The average molecular weight is 450 g/mol. The Bertz CT molecular complexity index is 1200. The lowest BCUT2D eigenvalue weighted by atomic mass is 9.78. The SMILES string of the molecule is Cc1ccc(-n2c(SCC(=O)NC3CCCC(C)C3C)nc3ccccc3c2=O)cc1C. The zero-order valence-electron chi connectivity index (χ0n) is 19.2. The van der Waals surface area contributed by atoms with Crippen molar-refractivity contribution in [2.75, 3.05) is 5.75 Å². The van der Waals surface area contributed by atoms with Gasteiger partial charge in [-0.1, -0.05) is 56.7 Å². The van der Waals surface area contributed by atoms with Gasteiger partial charge in [0.05, 0.1) is 22.3 Å². The lowest BCUT2D eigenvalue weighted by molar-refractivity contribution is -0.120. The van der Waals surface area contributed by atoms with Gasteiger partial charge in [0.15, 0.2) is 5.16 Å². The molecule has 168 valence electrons. The molecule has 1 N–H and O–H groups in total. The Morgan fingerprint density at radius 3 is 2.69 bits per heavy atom. The monoisotopic (exact) mass is 449 g/mol. The highest BCUT2D eigenvalue weighted by Crippen LogP contribution is 2.30. The maximum Gasteiger partial charge on any atom is 0.266 e. The van der Waals surface area contributed by atoms with Crippen molar-refractivity contribution < 1.29 is 4.79 Å². The lowest BCUT2D eigenvalue weighted by Crippen LogP contribution is -2.44. The molecule has 6 heteroatoms. The van der Waals surface area contributed by atoms with E-state index < -0.39 is 0 Å². The summed E-state index contributed by atoms with van der Waals surface area (Å²) in [6.45, 7) is 8.57. The second-order valence-corrected chi connectivity index (χ2v) is 9.99. The number of hydrogen-bond acceptors (Lipinski definition) is 4. The number of thioether (sulfide) groups is 1. The van der Waals surface area contributed by atoms with Crippen LogP contribution in [0.15, 0.2) is 52.4 Å². The number of fused-ring (bicyclic) bond motifs is 1. The van der Waals surface area contributed by atoms with Gasteiger partial charge in [0.25, 0.3) is 5.56 Å². The molecule has 1 amide bonds. The average Bonchev–Trinajstić information content (AvgIpc) is 2.78. The van der Waals surface area contributed by atoms with Crippen molar-refractivity contribution in [2.45, 2.75) is 58.2 Å². The van der Waals surface area contributed by atoms with Crippen molar-refractivity contribution in [1.82, 2.24) is 14.9 Å². The molecule has 0 radical (unpaired) electrons. The van der Waals surface area contributed by atoms with Crippen LogP contribution in [0.3, 0.4) is 0 Å². The number of carbonyl (C=O) groups is 1. The van der Waals surface area contributed by atoms with Gasteiger partial charge < -0.3 is 5.32 Å². The van der Waals surface area contributed by atoms with Crippen LogP contribution in [-0.4, -0.2) is 27.3 Å². The summed E-state index contributed by atoms with van der Waals surface area (Å²) < 4.78 is 1.64. The van der Waals surface area contributed by atoms with Crippen LogP contribution in [0.2, 0.25) is 0 Å². The molecule has 3 aromatic rings. The van der Waals surface area contributed by atoms with E-state index in [-0.39, 0.29) is 23.3 Å². The Morgan fingerprint density at radius 2 is 1.91 bits per heavy atom. The molecule has 3 unspecified atom stereocenters. The number of aromatic nitrogens is 2. The molecule has 2 aromatic carbocycles. The largest absolute Gasteiger partial charge is 0.352 e. The van der Waals surface area contributed by atoms with Gasteiger partial charge in [0, 0.05) is 6.04 Å². The molecule has 1 saturated carbocycles.